The number of rotatable bonds is 5. The normalized spacial score (nSPS) is 9.14. The van der Waals surface area contributed by atoms with E-state index in [2.05, 4.69) is 6.92 Å². The van der Waals surface area contributed by atoms with Crippen LogP contribution >= 0.6 is 0 Å². The molecule has 0 saturated heterocycles. The minimum absolute atomic E-state index is 0. The van der Waals surface area contributed by atoms with Crippen molar-refractivity contribution in [3.8, 4) is 6.07 Å². The Morgan fingerprint density at radius 1 is 1.45 bits per heavy atom. The van der Waals surface area contributed by atoms with Gasteiger partial charge in [0.2, 0.25) is 0 Å². The zero-order valence-electron chi connectivity index (χ0n) is 11.3. The fourth-order valence-corrected chi connectivity index (χ4v) is 1.37. The third-order valence-electron chi connectivity index (χ3n) is 2.16. The smallest absolute Gasteiger partial charge is 1.00 e. The summed E-state index contributed by atoms with van der Waals surface area (Å²) in [6, 6.07) is 5.95. The second-order valence-corrected chi connectivity index (χ2v) is 3.28. The van der Waals surface area contributed by atoms with E-state index in [4.69, 9.17) is 15.1 Å². The summed E-state index contributed by atoms with van der Waals surface area (Å²) < 4.78 is 5.11. The quantitative estimate of drug-likeness (QED) is 0.187. The van der Waals surface area contributed by atoms with Crippen molar-refractivity contribution in [3.05, 3.63) is 41.8 Å². The van der Waals surface area contributed by atoms with Crippen molar-refractivity contribution in [3.63, 3.8) is 0 Å². The Labute approximate surface area is 184 Å². The third kappa shape index (κ3) is 10.5. The minimum Gasteiger partial charge on any atom is -1.00 e. The number of hydrogen-bond donors (Lipinski definition) is 1. The molecule has 0 amide bonds. The number of aromatic carboxylic acids is 1. The first-order chi connectivity index (χ1) is 8.10. The Morgan fingerprint density at radius 2 is 2.00 bits per heavy atom. The predicted octanol–water partition coefficient (Wildman–Crippen LogP) is -4.11. The number of nitrogens with zero attached hydrogens (tertiary/aromatic N) is 1. The van der Waals surface area contributed by atoms with Crippen molar-refractivity contribution in [2.75, 3.05) is 13.2 Å². The van der Waals surface area contributed by atoms with Crippen LogP contribution in [0.5, 0.6) is 0 Å². The number of hydrogen-bond acceptors (Lipinski definition) is 7. The van der Waals surface area contributed by atoms with Crippen LogP contribution in [0.25, 0.3) is 0 Å². The molecule has 0 heterocycles. The summed E-state index contributed by atoms with van der Waals surface area (Å²) >= 11 is 0. The van der Waals surface area contributed by atoms with Crippen LogP contribution in [0.4, 0.5) is 0 Å². The Morgan fingerprint density at radius 3 is 2.41 bits per heavy atom. The molecule has 10 heteroatoms. The van der Waals surface area contributed by atoms with Gasteiger partial charge in [-0.3, -0.25) is 0 Å². The molecule has 1 rings (SSSR count). The fraction of sp³-hybridized carbons (Fsp3) is 0.250. The first-order valence-corrected chi connectivity index (χ1v) is 4.91. The molecule has 0 spiro atoms. The zero-order valence-corrected chi connectivity index (χ0v) is 17.7. The van der Waals surface area contributed by atoms with E-state index in [0.717, 1.165) is 0 Å². The van der Waals surface area contributed by atoms with Gasteiger partial charge in [0.25, 0.3) is 0 Å². The van der Waals surface area contributed by atoms with Crippen LogP contribution in [-0.4, -0.2) is 47.3 Å². The Balaban J connectivity index is -0.000000193. The van der Waals surface area contributed by atoms with Crippen LogP contribution in [0.2, 0.25) is 0 Å². The second-order valence-electron chi connectivity index (χ2n) is 3.28. The Hall–Kier alpha value is 0.709. The third-order valence-corrected chi connectivity index (χ3v) is 2.16. The van der Waals surface area contributed by atoms with Crippen molar-refractivity contribution < 1.29 is 57.1 Å². The largest absolute Gasteiger partial charge is 2.00 e. The van der Waals surface area contributed by atoms with Crippen LogP contribution in [0.3, 0.4) is 0 Å². The molecule has 1 aromatic carbocycles. The van der Waals surface area contributed by atoms with E-state index in [1.165, 1.54) is 18.2 Å². The summed E-state index contributed by atoms with van der Waals surface area (Å²) in [6.45, 7) is 3.48. The molecule has 22 heavy (non-hydrogen) atoms. The first-order valence-electron chi connectivity index (χ1n) is 4.91. The number of carbonyl (C=O) groups is 1. The van der Waals surface area contributed by atoms with E-state index < -0.39 is 12.1 Å². The summed E-state index contributed by atoms with van der Waals surface area (Å²) in [7, 11) is 0. The summed E-state index contributed by atoms with van der Waals surface area (Å²) in [4.78, 5) is 10.9. The van der Waals surface area contributed by atoms with Crippen LogP contribution < -0.4 is 22.1 Å². The first kappa shape index (κ1) is 34.1. The van der Waals surface area contributed by atoms with Gasteiger partial charge >= 0.3 is 23.1 Å². The summed E-state index contributed by atoms with van der Waals surface area (Å²) in [6.07, 6.45) is -0.775. The number of carbonyl (C=O) groups excluding carboxylic acids is 1. The van der Waals surface area contributed by atoms with Gasteiger partial charge in [-0.15, -0.1) is 0 Å². The molecule has 0 aliphatic heterocycles. The van der Waals surface area contributed by atoms with E-state index in [-0.39, 0.29) is 112 Å². The number of benzene rings is 1. The van der Waals surface area contributed by atoms with Crippen molar-refractivity contribution in [1.29, 1.82) is 5.26 Å². The molecule has 5 nitrogen and oxygen atoms in total. The molecule has 1 aromatic rings. The number of nitriles is 1. The number of ether oxygens (including phenoxy) is 1. The standard InChI is InChI=1S/C12H12NO4.BrH.Mg.Pd.2H2S/c1-8(17-5-4-14)11-6-9(7-13)2-3-10(11)12(15)16;;;;;/h2-3,6,8,14H,1,4-5H2,(H,15,16);1H;;;2*1H2/q-1;;+2;;;/p-4. The van der Waals surface area contributed by atoms with Gasteiger partial charge in [0.1, 0.15) is 0 Å². The van der Waals surface area contributed by atoms with E-state index in [1.807, 2.05) is 6.07 Å². The Kier molecular flexibility index (Phi) is 28.0. The monoisotopic (exact) mass is 508 g/mol. The maximum atomic E-state index is 10.9. The van der Waals surface area contributed by atoms with Gasteiger partial charge < -0.3 is 70.6 Å². The zero-order chi connectivity index (χ0) is 12.8. The molecule has 1 atom stereocenters. The molecule has 1 N–H and O–H groups in total. The van der Waals surface area contributed by atoms with Crippen LogP contribution in [0.15, 0.2) is 18.2 Å². The molecule has 1 unspecified atom stereocenters. The predicted molar refractivity (Wildman–Crippen MR) is 79.9 cm³/mol. The van der Waals surface area contributed by atoms with Crippen molar-refractivity contribution in [1.82, 2.24) is 0 Å². The van der Waals surface area contributed by atoms with Gasteiger partial charge in [-0.25, -0.2) is 0 Å². The fourth-order valence-electron chi connectivity index (χ4n) is 1.37. The van der Waals surface area contributed by atoms with Crippen LogP contribution in [-0.2, 0) is 52.2 Å². The topological polar surface area (TPSA) is 93.4 Å². The van der Waals surface area contributed by atoms with Gasteiger partial charge in [-0.05, 0) is 23.8 Å². The maximum Gasteiger partial charge on any atom is 2.00 e. The van der Waals surface area contributed by atoms with Crippen molar-refractivity contribution >= 4 is 56.0 Å². The van der Waals surface area contributed by atoms with E-state index in [9.17, 15) is 9.90 Å². The van der Waals surface area contributed by atoms with Gasteiger partial charge in [0, 0.05) is 26.0 Å². The number of thiol groups is 2. The number of carboxylic acid groups (broad SMARTS) is 1. The van der Waals surface area contributed by atoms with Gasteiger partial charge in [-0.2, -0.15) is 5.26 Å². The molecule has 0 aliphatic carbocycles. The Bertz CT molecular complexity index is 477. The SMILES string of the molecule is [Br-].[CH2-]C(OCCO)c1cc(C#N)ccc1C(=O)[O-].[Mg+2].[Pd].[SH-].[SH-]. The molecular weight excluding hydrogens is 497 g/mol. The van der Waals surface area contributed by atoms with Gasteiger partial charge in [0.15, 0.2) is 0 Å². The maximum absolute atomic E-state index is 10.9. The number of carboxylic acids is 1. The molecule has 0 saturated carbocycles. The summed E-state index contributed by atoms with van der Waals surface area (Å²) in [5.41, 5.74) is 0.505. The van der Waals surface area contributed by atoms with E-state index in [1.54, 1.807) is 0 Å². The second kappa shape index (κ2) is 18.1. The number of aliphatic hydroxyl groups is 1. The molecule has 0 fully saturated rings. The summed E-state index contributed by atoms with van der Waals surface area (Å²) in [5, 5.41) is 28.2. The molecule has 0 aromatic heterocycles. The average Bonchev–Trinajstić information content (AvgIpc) is 2.34. The van der Waals surface area contributed by atoms with Gasteiger partial charge in [0.05, 0.1) is 30.8 Å². The minimum atomic E-state index is -1.36. The summed E-state index contributed by atoms with van der Waals surface area (Å²) in [5.74, 6) is -1.36. The molecular formula is C12H13BrMgNO4PdS2-3. The van der Waals surface area contributed by atoms with E-state index in [0.29, 0.717) is 5.56 Å². The van der Waals surface area contributed by atoms with Crippen molar-refractivity contribution in [2.45, 2.75) is 6.10 Å². The van der Waals surface area contributed by atoms with Gasteiger partial charge in [-0.1, -0.05) is 6.07 Å². The van der Waals surface area contributed by atoms with Crippen molar-refractivity contribution in [2.24, 2.45) is 0 Å². The number of aliphatic hydroxyl groups excluding tert-OH is 1. The van der Waals surface area contributed by atoms with E-state index >= 15 is 0 Å². The molecule has 0 aliphatic rings. The molecule has 0 radical (unpaired) electrons. The molecule has 124 valence electrons. The van der Waals surface area contributed by atoms with Crippen LogP contribution in [0, 0.1) is 18.3 Å². The van der Waals surface area contributed by atoms with Crippen LogP contribution in [0.1, 0.15) is 27.6 Å². The number of halogens is 1. The molecule has 0 bridgehead atoms. The average molecular weight is 510 g/mol.